The van der Waals surface area contributed by atoms with Crippen LogP contribution in [0.3, 0.4) is 0 Å². The van der Waals surface area contributed by atoms with Gasteiger partial charge in [0.05, 0.1) is 11.6 Å². The van der Waals surface area contributed by atoms with Crippen LogP contribution < -0.4 is 5.73 Å². The Labute approximate surface area is 108 Å². The minimum Gasteiger partial charge on any atom is -0.393 e. The molecule has 1 rings (SSSR count). The summed E-state index contributed by atoms with van der Waals surface area (Å²) in [5.74, 6) is 0.806. The molecule has 1 aliphatic rings. The monoisotopic (exact) mass is 258 g/mol. The molecule has 0 aromatic carbocycles. The summed E-state index contributed by atoms with van der Waals surface area (Å²) >= 11 is 4.84. The predicted molar refractivity (Wildman–Crippen MR) is 71.8 cm³/mol. The summed E-state index contributed by atoms with van der Waals surface area (Å²) in [6.07, 6.45) is 4.91. The van der Waals surface area contributed by atoms with Crippen LogP contribution in [0.2, 0.25) is 0 Å². The minimum atomic E-state index is 0.211. The van der Waals surface area contributed by atoms with Crippen molar-refractivity contribution in [3.8, 4) is 0 Å². The second kappa shape index (κ2) is 7.61. The lowest BCUT2D eigenvalue weighted by molar-refractivity contribution is -0.133. The highest BCUT2D eigenvalue weighted by Gasteiger charge is 2.23. The van der Waals surface area contributed by atoms with Crippen LogP contribution in [-0.4, -0.2) is 42.6 Å². The maximum atomic E-state index is 12.1. The zero-order chi connectivity index (χ0) is 12.7. The van der Waals surface area contributed by atoms with Crippen molar-refractivity contribution in [1.29, 1.82) is 0 Å². The van der Waals surface area contributed by atoms with Gasteiger partial charge in [0.2, 0.25) is 5.91 Å². The number of nitrogens with two attached hydrogens (primary N) is 1. The topological polar surface area (TPSA) is 55.6 Å². The van der Waals surface area contributed by atoms with Gasteiger partial charge in [-0.25, -0.2) is 0 Å². The van der Waals surface area contributed by atoms with Crippen molar-refractivity contribution < 1.29 is 9.53 Å². The molecule has 0 bridgehead atoms. The van der Waals surface area contributed by atoms with Crippen LogP contribution in [0, 0.1) is 5.92 Å². The SMILES string of the molecule is COCCN(CCC(N)=S)C(=O)CC1CCC1. The molecule has 0 heterocycles. The Morgan fingerprint density at radius 1 is 1.47 bits per heavy atom. The minimum absolute atomic E-state index is 0.211. The number of carbonyl (C=O) groups excluding carboxylic acids is 1. The van der Waals surface area contributed by atoms with Crippen LogP contribution in [0.25, 0.3) is 0 Å². The molecule has 1 aliphatic carbocycles. The van der Waals surface area contributed by atoms with E-state index in [9.17, 15) is 4.79 Å². The number of ether oxygens (including phenoxy) is 1. The smallest absolute Gasteiger partial charge is 0.222 e. The first-order valence-electron chi connectivity index (χ1n) is 6.18. The van der Waals surface area contributed by atoms with Crippen LogP contribution in [0.15, 0.2) is 0 Å². The molecule has 0 radical (unpaired) electrons. The van der Waals surface area contributed by atoms with Gasteiger partial charge in [0.25, 0.3) is 0 Å². The van der Waals surface area contributed by atoms with Gasteiger partial charge in [0, 0.05) is 33.0 Å². The molecular formula is C12H22N2O2S. The van der Waals surface area contributed by atoms with Crippen LogP contribution in [0.1, 0.15) is 32.1 Å². The molecule has 0 spiro atoms. The standard InChI is InChI=1S/C12H22N2O2S/c1-16-8-7-14(6-5-11(13)17)12(15)9-10-3-2-4-10/h10H,2-9H2,1H3,(H2,13,17). The normalized spacial score (nSPS) is 15.4. The molecule has 1 saturated carbocycles. The molecular weight excluding hydrogens is 236 g/mol. The second-order valence-electron chi connectivity index (χ2n) is 4.59. The molecule has 17 heavy (non-hydrogen) atoms. The highest BCUT2D eigenvalue weighted by atomic mass is 32.1. The van der Waals surface area contributed by atoms with Crippen molar-refractivity contribution in [3.05, 3.63) is 0 Å². The lowest BCUT2D eigenvalue weighted by atomic mass is 9.82. The third kappa shape index (κ3) is 5.46. The van der Waals surface area contributed by atoms with Crippen molar-refractivity contribution in [1.82, 2.24) is 4.90 Å². The summed E-state index contributed by atoms with van der Waals surface area (Å²) in [4.78, 5) is 14.3. The van der Waals surface area contributed by atoms with Gasteiger partial charge < -0.3 is 15.4 Å². The fourth-order valence-corrected chi connectivity index (χ4v) is 1.97. The maximum Gasteiger partial charge on any atom is 0.222 e. The number of methoxy groups -OCH3 is 1. The van der Waals surface area contributed by atoms with Gasteiger partial charge in [0.15, 0.2) is 0 Å². The number of carbonyl (C=O) groups is 1. The number of amides is 1. The van der Waals surface area contributed by atoms with Gasteiger partial charge in [0.1, 0.15) is 0 Å². The zero-order valence-electron chi connectivity index (χ0n) is 10.5. The van der Waals surface area contributed by atoms with Gasteiger partial charge in [-0.2, -0.15) is 0 Å². The van der Waals surface area contributed by atoms with Crippen LogP contribution in [0.5, 0.6) is 0 Å². The summed E-state index contributed by atoms with van der Waals surface area (Å²) in [6.45, 7) is 1.81. The van der Waals surface area contributed by atoms with E-state index in [2.05, 4.69) is 0 Å². The van der Waals surface area contributed by atoms with E-state index in [0.717, 1.165) is 0 Å². The first-order valence-corrected chi connectivity index (χ1v) is 6.59. The Balaban J connectivity index is 2.35. The number of hydrogen-bond donors (Lipinski definition) is 1. The molecule has 0 unspecified atom stereocenters. The lowest BCUT2D eigenvalue weighted by Crippen LogP contribution is -2.37. The summed E-state index contributed by atoms with van der Waals surface area (Å²) < 4.78 is 5.02. The molecule has 0 atom stereocenters. The Bertz CT molecular complexity index is 267. The molecule has 98 valence electrons. The van der Waals surface area contributed by atoms with Crippen molar-refractivity contribution in [2.75, 3.05) is 26.8 Å². The molecule has 4 nitrogen and oxygen atoms in total. The molecule has 2 N–H and O–H groups in total. The van der Waals surface area contributed by atoms with E-state index in [0.29, 0.717) is 43.4 Å². The third-order valence-electron chi connectivity index (χ3n) is 3.23. The summed E-state index contributed by atoms with van der Waals surface area (Å²) in [5.41, 5.74) is 5.47. The highest BCUT2D eigenvalue weighted by molar-refractivity contribution is 7.80. The molecule has 0 aliphatic heterocycles. The van der Waals surface area contributed by atoms with Crippen molar-refractivity contribution in [3.63, 3.8) is 0 Å². The maximum absolute atomic E-state index is 12.1. The number of rotatable bonds is 8. The first kappa shape index (κ1) is 14.4. The van der Waals surface area contributed by atoms with Crippen molar-refractivity contribution in [2.45, 2.75) is 32.1 Å². The third-order valence-corrected chi connectivity index (χ3v) is 3.44. The Morgan fingerprint density at radius 3 is 2.65 bits per heavy atom. The van der Waals surface area contributed by atoms with Crippen LogP contribution >= 0.6 is 12.2 Å². The molecule has 0 saturated heterocycles. The Hall–Kier alpha value is -0.680. The van der Waals surface area contributed by atoms with Gasteiger partial charge in [-0.3, -0.25) is 4.79 Å². The zero-order valence-corrected chi connectivity index (χ0v) is 11.3. The second-order valence-corrected chi connectivity index (χ2v) is 5.12. The van der Waals surface area contributed by atoms with Gasteiger partial charge in [-0.15, -0.1) is 0 Å². The molecule has 1 fully saturated rings. The predicted octanol–water partition coefficient (Wildman–Crippen LogP) is 1.33. The van der Waals surface area contributed by atoms with E-state index in [1.807, 2.05) is 4.90 Å². The van der Waals surface area contributed by atoms with E-state index in [4.69, 9.17) is 22.7 Å². The average molecular weight is 258 g/mol. The molecule has 0 aromatic heterocycles. The lowest BCUT2D eigenvalue weighted by Gasteiger charge is -2.29. The summed E-state index contributed by atoms with van der Waals surface area (Å²) in [6, 6.07) is 0. The number of nitrogens with zero attached hydrogens (tertiary/aromatic N) is 1. The largest absolute Gasteiger partial charge is 0.393 e. The van der Waals surface area contributed by atoms with Gasteiger partial charge in [-0.05, 0) is 18.8 Å². The molecule has 0 aromatic rings. The fraction of sp³-hybridized carbons (Fsp3) is 0.833. The van der Waals surface area contributed by atoms with E-state index in [1.165, 1.54) is 19.3 Å². The van der Waals surface area contributed by atoms with E-state index >= 15 is 0 Å². The quantitative estimate of drug-likeness (QED) is 0.667. The molecule has 1 amide bonds. The first-order chi connectivity index (χ1) is 8.13. The van der Waals surface area contributed by atoms with Crippen molar-refractivity contribution in [2.24, 2.45) is 11.7 Å². The molecule has 5 heteroatoms. The van der Waals surface area contributed by atoms with Gasteiger partial charge in [-0.1, -0.05) is 18.6 Å². The average Bonchev–Trinajstić information content (AvgIpc) is 2.23. The number of hydrogen-bond acceptors (Lipinski definition) is 3. The summed E-state index contributed by atoms with van der Waals surface area (Å²) in [7, 11) is 1.64. The Kier molecular flexibility index (Phi) is 6.44. The highest BCUT2D eigenvalue weighted by Crippen LogP contribution is 2.29. The van der Waals surface area contributed by atoms with E-state index in [-0.39, 0.29) is 5.91 Å². The van der Waals surface area contributed by atoms with E-state index < -0.39 is 0 Å². The summed E-state index contributed by atoms with van der Waals surface area (Å²) in [5, 5.41) is 0. The van der Waals surface area contributed by atoms with Crippen LogP contribution in [0.4, 0.5) is 0 Å². The Morgan fingerprint density at radius 2 is 2.18 bits per heavy atom. The fourth-order valence-electron chi connectivity index (χ4n) is 1.88. The number of thiocarbonyl (C=S) groups is 1. The van der Waals surface area contributed by atoms with E-state index in [1.54, 1.807) is 7.11 Å². The van der Waals surface area contributed by atoms with Gasteiger partial charge >= 0.3 is 0 Å². The van der Waals surface area contributed by atoms with Crippen LogP contribution in [-0.2, 0) is 9.53 Å². The van der Waals surface area contributed by atoms with Crippen molar-refractivity contribution >= 4 is 23.1 Å².